The Morgan fingerprint density at radius 2 is 2.20 bits per heavy atom. The third-order valence-corrected chi connectivity index (χ3v) is 4.46. The Bertz CT molecular complexity index is 492. The number of anilines is 1. The molecular formula is C15H24N4O. The number of likely N-dealkylation sites (tertiary alicyclic amines) is 1. The molecule has 1 unspecified atom stereocenters. The lowest BCUT2D eigenvalue weighted by Gasteiger charge is -2.32. The van der Waals surface area contributed by atoms with Gasteiger partial charge in [0.25, 0.3) is 5.91 Å². The molecule has 3 rings (SSSR count). The van der Waals surface area contributed by atoms with Crippen molar-refractivity contribution in [2.24, 2.45) is 0 Å². The summed E-state index contributed by atoms with van der Waals surface area (Å²) < 4.78 is 2.04. The highest BCUT2D eigenvalue weighted by molar-refractivity contribution is 5.93. The normalized spacial score (nSPS) is 23.8. The van der Waals surface area contributed by atoms with E-state index in [4.69, 9.17) is 5.73 Å². The smallest absolute Gasteiger partial charge is 0.268 e. The van der Waals surface area contributed by atoms with Crippen LogP contribution in [-0.4, -0.2) is 41.6 Å². The molecule has 5 nitrogen and oxygen atoms in total. The van der Waals surface area contributed by atoms with Gasteiger partial charge in [0.2, 0.25) is 0 Å². The molecule has 0 aromatic carbocycles. The Balaban J connectivity index is 1.61. The second-order valence-corrected chi connectivity index (χ2v) is 6.14. The van der Waals surface area contributed by atoms with Gasteiger partial charge in [-0.05, 0) is 45.3 Å². The quantitative estimate of drug-likeness (QED) is 0.878. The van der Waals surface area contributed by atoms with Crippen molar-refractivity contribution < 1.29 is 4.79 Å². The van der Waals surface area contributed by atoms with E-state index < -0.39 is 0 Å². The second kappa shape index (κ2) is 5.48. The Morgan fingerprint density at radius 3 is 2.90 bits per heavy atom. The van der Waals surface area contributed by atoms with Gasteiger partial charge in [-0.2, -0.15) is 0 Å². The van der Waals surface area contributed by atoms with Crippen LogP contribution >= 0.6 is 0 Å². The molecule has 3 N–H and O–H groups in total. The average molecular weight is 276 g/mol. The Hall–Kier alpha value is -1.49. The van der Waals surface area contributed by atoms with Gasteiger partial charge in [-0.25, -0.2) is 0 Å². The molecule has 1 saturated carbocycles. The Labute approximate surface area is 120 Å². The van der Waals surface area contributed by atoms with Crippen molar-refractivity contribution in [1.29, 1.82) is 0 Å². The first-order chi connectivity index (χ1) is 9.65. The van der Waals surface area contributed by atoms with Gasteiger partial charge in [-0.3, -0.25) is 4.79 Å². The number of rotatable bonds is 4. The lowest BCUT2D eigenvalue weighted by molar-refractivity contribution is 0.0919. The van der Waals surface area contributed by atoms with Gasteiger partial charge in [0.05, 0.1) is 5.69 Å². The van der Waals surface area contributed by atoms with Crippen molar-refractivity contribution in [2.75, 3.05) is 25.9 Å². The number of likely N-dealkylation sites (N-methyl/N-ethyl adjacent to an activating group) is 1. The van der Waals surface area contributed by atoms with E-state index in [0.717, 1.165) is 25.9 Å². The van der Waals surface area contributed by atoms with E-state index in [1.807, 2.05) is 10.8 Å². The molecule has 1 aliphatic heterocycles. The van der Waals surface area contributed by atoms with Gasteiger partial charge in [0.1, 0.15) is 5.69 Å². The molecule has 2 aliphatic rings. The van der Waals surface area contributed by atoms with E-state index in [-0.39, 0.29) is 5.91 Å². The van der Waals surface area contributed by atoms with Gasteiger partial charge in [-0.1, -0.05) is 6.42 Å². The Kier molecular flexibility index (Phi) is 3.70. The van der Waals surface area contributed by atoms with Crippen LogP contribution in [-0.2, 0) is 0 Å². The maximum atomic E-state index is 12.4. The fourth-order valence-corrected chi connectivity index (χ4v) is 3.04. The van der Waals surface area contributed by atoms with Crippen molar-refractivity contribution in [1.82, 2.24) is 14.8 Å². The minimum absolute atomic E-state index is 0.00701. The van der Waals surface area contributed by atoms with Crippen LogP contribution in [0.5, 0.6) is 0 Å². The average Bonchev–Trinajstić information content (AvgIpc) is 3.20. The molecule has 1 atom stereocenters. The maximum absolute atomic E-state index is 12.4. The van der Waals surface area contributed by atoms with Gasteiger partial charge < -0.3 is 20.5 Å². The topological polar surface area (TPSA) is 63.3 Å². The largest absolute Gasteiger partial charge is 0.397 e. The van der Waals surface area contributed by atoms with Gasteiger partial charge in [-0.15, -0.1) is 0 Å². The summed E-state index contributed by atoms with van der Waals surface area (Å²) in [5.41, 5.74) is 7.22. The number of piperidine rings is 1. The standard InChI is InChI=1S/C15H24N4O/c1-18-7-3-2-4-13(18)9-17-15(20)14-8-11(16)10-19(14)12-5-6-12/h8,10,12-13H,2-7,9,16H2,1H3,(H,17,20). The lowest BCUT2D eigenvalue weighted by Crippen LogP contribution is -2.44. The number of nitrogen functional groups attached to an aromatic ring is 1. The predicted molar refractivity (Wildman–Crippen MR) is 79.7 cm³/mol. The van der Waals surface area contributed by atoms with E-state index in [9.17, 15) is 4.79 Å². The van der Waals surface area contributed by atoms with E-state index in [0.29, 0.717) is 23.5 Å². The lowest BCUT2D eigenvalue weighted by atomic mass is 10.0. The van der Waals surface area contributed by atoms with E-state index in [1.165, 1.54) is 19.3 Å². The number of hydrogen-bond donors (Lipinski definition) is 2. The molecule has 2 fully saturated rings. The monoisotopic (exact) mass is 276 g/mol. The Morgan fingerprint density at radius 1 is 1.40 bits per heavy atom. The van der Waals surface area contributed by atoms with Crippen LogP contribution < -0.4 is 11.1 Å². The number of carbonyl (C=O) groups excluding carboxylic acids is 1. The van der Waals surface area contributed by atoms with Gasteiger partial charge in [0.15, 0.2) is 0 Å². The molecule has 1 aromatic heterocycles. The van der Waals surface area contributed by atoms with Crippen molar-refractivity contribution in [3.63, 3.8) is 0 Å². The number of nitrogens with one attached hydrogen (secondary N) is 1. The summed E-state index contributed by atoms with van der Waals surface area (Å²) in [4.78, 5) is 14.7. The number of hydrogen-bond acceptors (Lipinski definition) is 3. The number of aromatic nitrogens is 1. The zero-order valence-corrected chi connectivity index (χ0v) is 12.1. The number of nitrogens with zero attached hydrogens (tertiary/aromatic N) is 2. The highest BCUT2D eigenvalue weighted by atomic mass is 16.1. The summed E-state index contributed by atoms with van der Waals surface area (Å²) in [7, 11) is 2.14. The summed E-state index contributed by atoms with van der Waals surface area (Å²) in [6.45, 7) is 1.86. The summed E-state index contributed by atoms with van der Waals surface area (Å²) >= 11 is 0. The van der Waals surface area contributed by atoms with Crippen LogP contribution in [0.3, 0.4) is 0 Å². The number of amides is 1. The molecular weight excluding hydrogens is 252 g/mol. The third-order valence-electron chi connectivity index (χ3n) is 4.46. The van der Waals surface area contributed by atoms with Crippen LogP contribution in [0.4, 0.5) is 5.69 Å². The molecule has 2 heterocycles. The van der Waals surface area contributed by atoms with Gasteiger partial charge in [0, 0.05) is 24.8 Å². The number of nitrogens with two attached hydrogens (primary N) is 1. The van der Waals surface area contributed by atoms with Gasteiger partial charge >= 0.3 is 0 Å². The molecule has 110 valence electrons. The zero-order chi connectivity index (χ0) is 14.1. The highest BCUT2D eigenvalue weighted by Crippen LogP contribution is 2.37. The molecule has 1 aromatic rings. The summed E-state index contributed by atoms with van der Waals surface area (Å²) in [5, 5.41) is 3.08. The molecule has 5 heteroatoms. The molecule has 20 heavy (non-hydrogen) atoms. The maximum Gasteiger partial charge on any atom is 0.268 e. The first-order valence-electron chi connectivity index (χ1n) is 7.61. The second-order valence-electron chi connectivity index (χ2n) is 6.14. The predicted octanol–water partition coefficient (Wildman–Crippen LogP) is 1.62. The van der Waals surface area contributed by atoms with E-state index in [2.05, 4.69) is 17.3 Å². The van der Waals surface area contributed by atoms with Crippen LogP contribution in [0.1, 0.15) is 48.6 Å². The molecule has 0 spiro atoms. The van der Waals surface area contributed by atoms with Crippen molar-refractivity contribution in [3.8, 4) is 0 Å². The third kappa shape index (κ3) is 2.82. The molecule has 1 aliphatic carbocycles. The number of carbonyl (C=O) groups is 1. The minimum Gasteiger partial charge on any atom is -0.397 e. The van der Waals surface area contributed by atoms with Crippen LogP contribution in [0, 0.1) is 0 Å². The zero-order valence-electron chi connectivity index (χ0n) is 12.1. The van der Waals surface area contributed by atoms with Crippen molar-refractivity contribution in [2.45, 2.75) is 44.2 Å². The molecule has 1 amide bonds. The fraction of sp³-hybridized carbons (Fsp3) is 0.667. The summed E-state index contributed by atoms with van der Waals surface area (Å²) in [6, 6.07) is 2.73. The SMILES string of the molecule is CN1CCCCC1CNC(=O)c1cc(N)cn1C1CC1. The first-order valence-corrected chi connectivity index (χ1v) is 7.61. The van der Waals surface area contributed by atoms with E-state index in [1.54, 1.807) is 6.07 Å². The molecule has 0 radical (unpaired) electrons. The minimum atomic E-state index is 0.00701. The van der Waals surface area contributed by atoms with E-state index >= 15 is 0 Å². The first kappa shape index (κ1) is 13.5. The van der Waals surface area contributed by atoms with Crippen molar-refractivity contribution in [3.05, 3.63) is 18.0 Å². The van der Waals surface area contributed by atoms with Crippen LogP contribution in [0.15, 0.2) is 12.3 Å². The van der Waals surface area contributed by atoms with Crippen LogP contribution in [0.25, 0.3) is 0 Å². The van der Waals surface area contributed by atoms with Crippen molar-refractivity contribution >= 4 is 11.6 Å². The summed E-state index contributed by atoms with van der Waals surface area (Å²) in [5.74, 6) is 0.00701. The molecule has 1 saturated heterocycles. The van der Waals surface area contributed by atoms with Crippen LogP contribution in [0.2, 0.25) is 0 Å². The summed E-state index contributed by atoms with van der Waals surface area (Å²) in [6.07, 6.45) is 7.89. The molecule has 0 bridgehead atoms. The highest BCUT2D eigenvalue weighted by Gasteiger charge is 2.28. The fourth-order valence-electron chi connectivity index (χ4n) is 3.04.